The summed E-state index contributed by atoms with van der Waals surface area (Å²) in [7, 11) is 0. The van der Waals surface area contributed by atoms with E-state index in [1.807, 2.05) is 6.92 Å². The number of halogens is 3. The maximum atomic E-state index is 14.0. The van der Waals surface area contributed by atoms with Gasteiger partial charge in [-0.25, -0.2) is 8.78 Å². The van der Waals surface area contributed by atoms with Crippen LogP contribution in [-0.4, -0.2) is 4.98 Å². The molecule has 19 heavy (non-hydrogen) atoms. The second-order valence-corrected chi connectivity index (χ2v) is 5.22. The predicted molar refractivity (Wildman–Crippen MR) is 73.8 cm³/mol. The molecule has 1 aromatic carbocycles. The number of aromatic nitrogens is 1. The Labute approximate surface area is 118 Å². The van der Waals surface area contributed by atoms with Crippen LogP contribution in [-0.2, 0) is 0 Å². The van der Waals surface area contributed by atoms with Crippen LogP contribution in [0.3, 0.4) is 0 Å². The van der Waals surface area contributed by atoms with Crippen molar-refractivity contribution < 1.29 is 8.78 Å². The highest BCUT2D eigenvalue weighted by Crippen LogP contribution is 2.30. The van der Waals surface area contributed by atoms with E-state index >= 15 is 0 Å². The number of aryl methyl sites for hydroxylation is 2. The van der Waals surface area contributed by atoms with Crippen LogP contribution in [0.25, 0.3) is 0 Å². The van der Waals surface area contributed by atoms with E-state index in [0.29, 0.717) is 11.3 Å². The zero-order chi connectivity index (χ0) is 14.2. The summed E-state index contributed by atoms with van der Waals surface area (Å²) in [4.78, 5) is 4.27. The highest BCUT2D eigenvalue weighted by Gasteiger charge is 2.22. The number of nitrogens with zero attached hydrogens (tertiary/aromatic N) is 1. The van der Waals surface area contributed by atoms with Gasteiger partial charge in [-0.2, -0.15) is 0 Å². The molecule has 0 amide bonds. The number of hydrogen-bond donors (Lipinski definition) is 1. The molecule has 0 aliphatic heterocycles. The fraction of sp³-hybridized carbons (Fsp3) is 0.214. The third-order valence-electron chi connectivity index (χ3n) is 2.99. The van der Waals surface area contributed by atoms with Crippen molar-refractivity contribution in [1.29, 1.82) is 0 Å². The molecule has 2 N–H and O–H groups in total. The predicted octanol–water partition coefficient (Wildman–Crippen LogP) is 3.79. The molecule has 1 atom stereocenters. The van der Waals surface area contributed by atoms with Gasteiger partial charge in [-0.3, -0.25) is 4.98 Å². The fourth-order valence-corrected chi connectivity index (χ4v) is 2.36. The average molecular weight is 327 g/mol. The molecule has 1 aromatic heterocycles. The Bertz CT molecular complexity index is 629. The Hall–Kier alpha value is -1.33. The van der Waals surface area contributed by atoms with Gasteiger partial charge in [-0.1, -0.05) is 6.07 Å². The van der Waals surface area contributed by atoms with Crippen molar-refractivity contribution in [2.24, 2.45) is 5.73 Å². The molecule has 1 heterocycles. The summed E-state index contributed by atoms with van der Waals surface area (Å²) in [6.07, 6.45) is 0. The van der Waals surface area contributed by atoms with Crippen molar-refractivity contribution in [3.8, 4) is 0 Å². The fourth-order valence-electron chi connectivity index (χ4n) is 2.01. The smallest absolute Gasteiger partial charge is 0.145 e. The Kier molecular flexibility index (Phi) is 3.96. The van der Waals surface area contributed by atoms with Crippen molar-refractivity contribution in [3.63, 3.8) is 0 Å². The lowest BCUT2D eigenvalue weighted by molar-refractivity contribution is 0.538. The minimum atomic E-state index is -0.884. The quantitative estimate of drug-likeness (QED) is 0.853. The van der Waals surface area contributed by atoms with E-state index in [1.54, 1.807) is 19.1 Å². The first-order valence-corrected chi connectivity index (χ1v) is 6.54. The third kappa shape index (κ3) is 2.67. The van der Waals surface area contributed by atoms with E-state index in [2.05, 4.69) is 20.9 Å². The molecule has 0 fully saturated rings. The summed E-state index contributed by atoms with van der Waals surface area (Å²) in [6.45, 7) is 3.62. The second kappa shape index (κ2) is 5.35. The van der Waals surface area contributed by atoms with Gasteiger partial charge >= 0.3 is 0 Å². The minimum Gasteiger partial charge on any atom is -0.320 e. The monoisotopic (exact) mass is 326 g/mol. The lowest BCUT2D eigenvalue weighted by Crippen LogP contribution is -2.17. The molecule has 5 heteroatoms. The highest BCUT2D eigenvalue weighted by atomic mass is 79.9. The summed E-state index contributed by atoms with van der Waals surface area (Å²) < 4.78 is 28.0. The lowest BCUT2D eigenvalue weighted by atomic mass is 9.97. The number of benzene rings is 1. The van der Waals surface area contributed by atoms with E-state index in [9.17, 15) is 8.78 Å². The van der Waals surface area contributed by atoms with Crippen LogP contribution in [0, 0.1) is 25.5 Å². The minimum absolute atomic E-state index is 0.150. The van der Waals surface area contributed by atoms with E-state index in [4.69, 9.17) is 5.73 Å². The molecule has 2 aromatic rings. The number of hydrogen-bond acceptors (Lipinski definition) is 2. The van der Waals surface area contributed by atoms with Gasteiger partial charge < -0.3 is 5.73 Å². The summed E-state index contributed by atoms with van der Waals surface area (Å²) in [6, 6.07) is 5.16. The van der Waals surface area contributed by atoms with Crippen LogP contribution < -0.4 is 5.73 Å². The van der Waals surface area contributed by atoms with Gasteiger partial charge in [0.1, 0.15) is 11.6 Å². The Morgan fingerprint density at radius 3 is 2.47 bits per heavy atom. The highest BCUT2D eigenvalue weighted by molar-refractivity contribution is 9.10. The van der Waals surface area contributed by atoms with Crippen molar-refractivity contribution in [2.45, 2.75) is 19.9 Å². The van der Waals surface area contributed by atoms with Gasteiger partial charge in [-0.05, 0) is 53.5 Å². The van der Waals surface area contributed by atoms with Gasteiger partial charge in [0.2, 0.25) is 0 Å². The van der Waals surface area contributed by atoms with Crippen molar-refractivity contribution in [1.82, 2.24) is 4.98 Å². The van der Waals surface area contributed by atoms with Crippen LogP contribution >= 0.6 is 15.9 Å². The number of pyridine rings is 1. The molecular formula is C14H13BrF2N2. The maximum absolute atomic E-state index is 14.0. The normalized spacial score (nSPS) is 12.5. The van der Waals surface area contributed by atoms with E-state index in [1.165, 1.54) is 12.1 Å². The van der Waals surface area contributed by atoms with E-state index < -0.39 is 17.7 Å². The third-order valence-corrected chi connectivity index (χ3v) is 3.60. The zero-order valence-electron chi connectivity index (χ0n) is 10.5. The van der Waals surface area contributed by atoms with Gasteiger partial charge in [0, 0.05) is 17.0 Å². The summed E-state index contributed by atoms with van der Waals surface area (Å²) in [5.41, 5.74) is 7.97. The summed E-state index contributed by atoms with van der Waals surface area (Å²) >= 11 is 3.04. The lowest BCUT2D eigenvalue weighted by Gasteiger charge is -2.17. The SMILES string of the molecule is Cc1ccc(C(N)c2c(F)ccc(Br)c2F)c(C)n1. The summed E-state index contributed by atoms with van der Waals surface area (Å²) in [5, 5.41) is 0. The zero-order valence-corrected chi connectivity index (χ0v) is 12.1. The Morgan fingerprint density at radius 2 is 1.84 bits per heavy atom. The van der Waals surface area contributed by atoms with Gasteiger partial charge in [0.15, 0.2) is 0 Å². The molecule has 0 aliphatic rings. The molecular weight excluding hydrogens is 314 g/mol. The number of rotatable bonds is 2. The van der Waals surface area contributed by atoms with Crippen LogP contribution in [0.4, 0.5) is 8.78 Å². The molecule has 0 spiro atoms. The molecule has 100 valence electrons. The summed E-state index contributed by atoms with van der Waals surface area (Å²) in [5.74, 6) is -1.33. The van der Waals surface area contributed by atoms with Gasteiger partial charge in [0.05, 0.1) is 10.5 Å². The molecule has 0 radical (unpaired) electrons. The van der Waals surface area contributed by atoms with Crippen LogP contribution in [0.2, 0.25) is 0 Å². The Morgan fingerprint density at radius 1 is 1.16 bits per heavy atom. The second-order valence-electron chi connectivity index (χ2n) is 4.36. The van der Waals surface area contributed by atoms with Gasteiger partial charge in [-0.15, -0.1) is 0 Å². The van der Waals surface area contributed by atoms with Crippen molar-refractivity contribution >= 4 is 15.9 Å². The molecule has 2 rings (SSSR count). The molecule has 0 bridgehead atoms. The molecule has 2 nitrogen and oxygen atoms in total. The standard InChI is InChI=1S/C14H13BrF2N2/c1-7-3-4-9(8(2)19-7)14(18)12-11(16)6-5-10(15)13(12)17/h3-6,14H,18H2,1-2H3. The molecule has 0 saturated heterocycles. The molecule has 0 saturated carbocycles. The Balaban J connectivity index is 2.56. The van der Waals surface area contributed by atoms with Crippen molar-refractivity contribution in [3.05, 3.63) is 62.9 Å². The van der Waals surface area contributed by atoms with Crippen LogP contribution in [0.1, 0.15) is 28.6 Å². The first-order valence-electron chi connectivity index (χ1n) is 5.75. The van der Waals surface area contributed by atoms with Gasteiger partial charge in [0.25, 0.3) is 0 Å². The topological polar surface area (TPSA) is 38.9 Å². The largest absolute Gasteiger partial charge is 0.320 e. The van der Waals surface area contributed by atoms with E-state index in [0.717, 1.165) is 5.69 Å². The van der Waals surface area contributed by atoms with Crippen LogP contribution in [0.5, 0.6) is 0 Å². The van der Waals surface area contributed by atoms with E-state index in [-0.39, 0.29) is 10.0 Å². The molecule has 1 unspecified atom stereocenters. The molecule has 0 aliphatic carbocycles. The van der Waals surface area contributed by atoms with Crippen molar-refractivity contribution in [2.75, 3.05) is 0 Å². The number of nitrogens with two attached hydrogens (primary N) is 1. The average Bonchev–Trinajstić information content (AvgIpc) is 2.34. The maximum Gasteiger partial charge on any atom is 0.145 e. The first-order chi connectivity index (χ1) is 8.91. The first kappa shape index (κ1) is 14.1. The van der Waals surface area contributed by atoms with Crippen LogP contribution in [0.15, 0.2) is 28.7 Å².